The molecule has 2 saturated heterocycles. The van der Waals surface area contributed by atoms with Gasteiger partial charge in [0.15, 0.2) is 6.79 Å². The number of halogens is 1. The van der Waals surface area contributed by atoms with E-state index in [1.54, 1.807) is 13.3 Å². The number of anilines is 1. The van der Waals surface area contributed by atoms with Crippen molar-refractivity contribution in [2.45, 2.75) is 82.0 Å². The molecule has 1 N–H and O–H groups in total. The molecule has 11 heteroatoms. The second-order valence-corrected chi connectivity index (χ2v) is 20.1. The molecule has 2 aromatic carbocycles. The first-order chi connectivity index (χ1) is 22.0. The highest BCUT2D eigenvalue weighted by atomic mass is 32.2. The van der Waals surface area contributed by atoms with Crippen LogP contribution in [0.1, 0.15) is 64.5 Å². The second-order valence-electron chi connectivity index (χ2n) is 13.5. The molecule has 0 radical (unpaired) electrons. The Balaban J connectivity index is 1.43. The lowest BCUT2D eigenvalue weighted by Gasteiger charge is -2.48. The number of nitrogens with zero attached hydrogens (tertiary/aromatic N) is 4. The highest BCUT2D eigenvalue weighted by molar-refractivity contribution is 8.01. The zero-order valence-corrected chi connectivity index (χ0v) is 29.4. The van der Waals surface area contributed by atoms with Crippen LogP contribution in [0.2, 0.25) is 16.6 Å². The van der Waals surface area contributed by atoms with Gasteiger partial charge in [-0.3, -0.25) is 9.88 Å². The summed E-state index contributed by atoms with van der Waals surface area (Å²) in [7, 11) is -0.416. The zero-order valence-electron chi connectivity index (χ0n) is 27.6. The lowest BCUT2D eigenvalue weighted by atomic mass is 9.95. The van der Waals surface area contributed by atoms with Gasteiger partial charge in [-0.1, -0.05) is 64.1 Å². The maximum Gasteiger partial charge on any atom is 0.407 e. The van der Waals surface area contributed by atoms with Gasteiger partial charge in [-0.15, -0.1) is 5.54 Å². The summed E-state index contributed by atoms with van der Waals surface area (Å²) in [6.07, 6.45) is 1.64. The molecule has 8 nitrogen and oxygen atoms in total. The van der Waals surface area contributed by atoms with Crippen LogP contribution in [-0.4, -0.2) is 73.1 Å². The highest BCUT2D eigenvalue weighted by Crippen LogP contribution is 2.54. The number of carbonyl (C=O) groups is 1. The summed E-state index contributed by atoms with van der Waals surface area (Å²) in [6, 6.07) is 11.9. The van der Waals surface area contributed by atoms with E-state index < -0.39 is 14.2 Å². The number of hydrogen-bond acceptors (Lipinski definition) is 7. The van der Waals surface area contributed by atoms with Gasteiger partial charge in [-0.05, 0) is 52.7 Å². The topological polar surface area (TPSA) is 78.4 Å². The first kappa shape index (κ1) is 32.6. The first-order valence-electron chi connectivity index (χ1n) is 16.1. The zero-order chi connectivity index (χ0) is 32.9. The van der Waals surface area contributed by atoms with E-state index in [9.17, 15) is 9.90 Å². The molecule has 0 bridgehead atoms. The molecule has 2 fully saturated rings. The minimum atomic E-state index is -2.00. The molecule has 1 unspecified atom stereocenters. The van der Waals surface area contributed by atoms with Gasteiger partial charge in [0.2, 0.25) is 0 Å². The summed E-state index contributed by atoms with van der Waals surface area (Å²) in [5.41, 5.74) is 9.00. The van der Waals surface area contributed by atoms with Crippen LogP contribution in [0.15, 0.2) is 42.6 Å². The number of likely N-dealkylation sites (tertiary alicyclic amines) is 2. The van der Waals surface area contributed by atoms with Crippen molar-refractivity contribution in [1.82, 2.24) is 14.8 Å². The number of hydrogen-bond donors (Lipinski definition) is 1. The average molecular weight is 663 g/mol. The SMILES string of the molecule is COCOc1cc(-c2cc3c(cn2)C(N2C[C@@H]4[C@H]2CCN4C(=O)O)SN3F)c2c(C#C[Si](C(C)C)(C(C)C)C(C)C)cccc2c1. The minimum Gasteiger partial charge on any atom is -0.468 e. The van der Waals surface area contributed by atoms with Crippen LogP contribution in [0, 0.1) is 11.5 Å². The van der Waals surface area contributed by atoms with E-state index in [2.05, 4.69) is 64.0 Å². The van der Waals surface area contributed by atoms with Crippen LogP contribution in [0.5, 0.6) is 5.75 Å². The number of ether oxygens (including phenoxy) is 2. The van der Waals surface area contributed by atoms with Crippen molar-refractivity contribution >= 4 is 42.6 Å². The third-order valence-electron chi connectivity index (χ3n) is 10.3. The predicted octanol–water partition coefficient (Wildman–Crippen LogP) is 8.24. The Bertz CT molecular complexity index is 1690. The predicted molar refractivity (Wildman–Crippen MR) is 185 cm³/mol. The minimum absolute atomic E-state index is 0.0351. The highest BCUT2D eigenvalue weighted by Gasteiger charge is 2.53. The largest absolute Gasteiger partial charge is 0.468 e. The number of pyridine rings is 1. The number of amides is 1. The fourth-order valence-electron chi connectivity index (χ4n) is 8.08. The summed E-state index contributed by atoms with van der Waals surface area (Å²) < 4.78 is 27.4. The standard InChI is InChI=1S/C35H43FN4O4SSi/c1-21(2)46(22(3)4,23(5)6)14-12-24-9-8-10-25-15-26(44-20-43-7)16-27(33(24)25)29-17-31-28(18-37-29)34(45-40(31)36)39-19-32-30(39)11-13-38(32)35(41)42/h8-10,15-18,21-23,30,32,34H,11,13,19-20H2,1-7H3,(H,41,42)/t30-,32-,34?/m1/s1. The molecule has 244 valence electrons. The Labute approximate surface area is 276 Å². The Morgan fingerprint density at radius 2 is 1.87 bits per heavy atom. The van der Waals surface area contributed by atoms with E-state index in [0.717, 1.165) is 50.4 Å². The molecule has 1 amide bonds. The number of rotatable bonds is 8. The van der Waals surface area contributed by atoms with Crippen molar-refractivity contribution in [2.75, 3.05) is 31.5 Å². The lowest BCUT2D eigenvalue weighted by Crippen LogP contribution is -2.62. The Kier molecular flexibility index (Phi) is 9.02. The summed E-state index contributed by atoms with van der Waals surface area (Å²) in [5.74, 6) is 4.29. The van der Waals surface area contributed by atoms with E-state index in [4.69, 9.17) is 14.5 Å². The van der Waals surface area contributed by atoms with Gasteiger partial charge >= 0.3 is 6.09 Å². The third-order valence-corrected chi connectivity index (χ3v) is 17.7. The Hall–Kier alpha value is -3.30. The van der Waals surface area contributed by atoms with Gasteiger partial charge in [0.05, 0.1) is 17.4 Å². The maximum absolute atomic E-state index is 15.6. The molecule has 4 heterocycles. The molecule has 1 aromatic heterocycles. The van der Waals surface area contributed by atoms with Crippen molar-refractivity contribution in [1.29, 1.82) is 0 Å². The molecule has 46 heavy (non-hydrogen) atoms. The number of benzene rings is 2. The van der Waals surface area contributed by atoms with Crippen molar-refractivity contribution < 1.29 is 23.9 Å². The van der Waals surface area contributed by atoms with Crippen molar-refractivity contribution in [3.05, 3.63) is 53.7 Å². The number of fused-ring (bicyclic) bond motifs is 3. The monoisotopic (exact) mass is 662 g/mol. The number of methoxy groups -OCH3 is 1. The molecule has 0 aliphatic carbocycles. The molecule has 3 atom stereocenters. The van der Waals surface area contributed by atoms with Crippen LogP contribution in [0.3, 0.4) is 0 Å². The lowest BCUT2D eigenvalue weighted by molar-refractivity contribution is 0.0171. The van der Waals surface area contributed by atoms with Crippen molar-refractivity contribution in [3.8, 4) is 28.5 Å². The fraction of sp³-hybridized carbons (Fsp3) is 0.486. The van der Waals surface area contributed by atoms with E-state index in [-0.39, 0.29) is 24.3 Å². The second kappa shape index (κ2) is 12.7. The third kappa shape index (κ3) is 5.43. The molecular weight excluding hydrogens is 620 g/mol. The molecule has 3 aromatic rings. The van der Waals surface area contributed by atoms with Crippen molar-refractivity contribution in [2.24, 2.45) is 0 Å². The van der Waals surface area contributed by atoms with Crippen LogP contribution < -0.4 is 9.26 Å². The average Bonchev–Trinajstić information content (AvgIpc) is 3.51. The summed E-state index contributed by atoms with van der Waals surface area (Å²) in [5, 5.41) is 11.2. The molecular formula is C35H43FN4O4SSi. The van der Waals surface area contributed by atoms with Crippen LogP contribution in [-0.2, 0) is 4.74 Å². The molecule has 6 rings (SSSR count). The van der Waals surface area contributed by atoms with Crippen LogP contribution in [0.25, 0.3) is 22.0 Å². The van der Waals surface area contributed by atoms with Gasteiger partial charge in [0.1, 0.15) is 19.2 Å². The molecule has 3 aliphatic rings. The summed E-state index contributed by atoms with van der Waals surface area (Å²) >= 11 is 1.11. The van der Waals surface area contributed by atoms with E-state index in [0.29, 0.717) is 46.8 Å². The number of carboxylic acid groups (broad SMARTS) is 1. The van der Waals surface area contributed by atoms with E-state index in [1.165, 1.54) is 4.90 Å². The van der Waals surface area contributed by atoms with E-state index >= 15 is 4.48 Å². The summed E-state index contributed by atoms with van der Waals surface area (Å²) in [6.45, 7) is 15.1. The van der Waals surface area contributed by atoms with Gasteiger partial charge < -0.3 is 19.5 Å². The van der Waals surface area contributed by atoms with Crippen LogP contribution in [0.4, 0.5) is 15.0 Å². The van der Waals surface area contributed by atoms with E-state index in [1.807, 2.05) is 30.3 Å². The van der Waals surface area contributed by atoms with Gasteiger partial charge in [0.25, 0.3) is 0 Å². The fourth-order valence-corrected chi connectivity index (χ4v) is 14.4. The summed E-state index contributed by atoms with van der Waals surface area (Å²) in [4.78, 5) is 20.3. The van der Waals surface area contributed by atoms with Gasteiger partial charge in [-0.2, -0.15) is 4.53 Å². The normalized spacial score (nSPS) is 21.1. The molecule has 3 aliphatic heterocycles. The molecule has 0 saturated carbocycles. The molecule has 0 spiro atoms. The smallest absolute Gasteiger partial charge is 0.407 e. The Morgan fingerprint density at radius 1 is 1.13 bits per heavy atom. The quantitative estimate of drug-likeness (QED) is 0.0850. The Morgan fingerprint density at radius 3 is 2.54 bits per heavy atom. The van der Waals surface area contributed by atoms with Gasteiger partial charge in [-0.25, -0.2) is 4.79 Å². The maximum atomic E-state index is 15.6. The number of aromatic nitrogens is 1. The van der Waals surface area contributed by atoms with Gasteiger partial charge in [0, 0.05) is 66.5 Å². The van der Waals surface area contributed by atoms with Crippen LogP contribution >= 0.6 is 11.9 Å². The first-order valence-corrected chi connectivity index (χ1v) is 19.1. The van der Waals surface area contributed by atoms with Crippen molar-refractivity contribution in [3.63, 3.8) is 0 Å².